The molecule has 114 valence electrons. The molecule has 1 aromatic carbocycles. The average Bonchev–Trinajstić information content (AvgIpc) is 2.86. The minimum Gasteiger partial charge on any atom is -0.480 e. The van der Waals surface area contributed by atoms with E-state index < -0.39 is 12.0 Å². The van der Waals surface area contributed by atoms with Gasteiger partial charge in [0.1, 0.15) is 6.04 Å². The summed E-state index contributed by atoms with van der Waals surface area (Å²) in [6.07, 6.45) is 1.72. The molecular formula is C15H20N2O3S. The number of carbonyl (C=O) groups excluding carboxylic acids is 1. The van der Waals surface area contributed by atoms with Gasteiger partial charge in [-0.15, -0.1) is 11.8 Å². The second-order valence-electron chi connectivity index (χ2n) is 5.13. The predicted octanol–water partition coefficient (Wildman–Crippen LogP) is 3.16. The molecular weight excluding hydrogens is 288 g/mol. The van der Waals surface area contributed by atoms with Gasteiger partial charge in [-0.2, -0.15) is 0 Å². The van der Waals surface area contributed by atoms with Crippen molar-refractivity contribution in [1.82, 2.24) is 4.90 Å². The molecule has 1 aliphatic rings. The van der Waals surface area contributed by atoms with Crippen LogP contribution in [0.1, 0.15) is 25.3 Å². The summed E-state index contributed by atoms with van der Waals surface area (Å²) in [5.74, 6) is -0.499. The first-order valence-corrected chi connectivity index (χ1v) is 8.08. The zero-order valence-corrected chi connectivity index (χ0v) is 13.0. The normalized spacial score (nSPS) is 21.3. The highest BCUT2D eigenvalue weighted by Crippen LogP contribution is 2.32. The number of thioether (sulfide) groups is 1. The Morgan fingerprint density at radius 2 is 2.05 bits per heavy atom. The van der Waals surface area contributed by atoms with E-state index >= 15 is 0 Å². The number of aliphatic carboxylic acids is 1. The molecule has 0 aromatic heterocycles. The highest BCUT2D eigenvalue weighted by atomic mass is 32.2. The summed E-state index contributed by atoms with van der Waals surface area (Å²) in [5, 5.41) is 12.0. The summed E-state index contributed by atoms with van der Waals surface area (Å²) >= 11 is 1.54. The lowest BCUT2D eigenvalue weighted by Gasteiger charge is -2.27. The standard InChI is InChI=1S/C15H20N2O3S/c1-3-4-13-17(12(9-21-13)14(18)19)15(20)16-11-7-5-10(2)6-8-11/h5-8,12-13H,3-4,9H2,1-2H3,(H,16,20)(H,18,19). The van der Waals surface area contributed by atoms with Gasteiger partial charge in [-0.05, 0) is 25.5 Å². The van der Waals surface area contributed by atoms with E-state index in [1.807, 2.05) is 38.1 Å². The van der Waals surface area contributed by atoms with Gasteiger partial charge in [-0.25, -0.2) is 9.59 Å². The fourth-order valence-corrected chi connectivity index (χ4v) is 3.83. The summed E-state index contributed by atoms with van der Waals surface area (Å²) in [5.41, 5.74) is 1.79. The summed E-state index contributed by atoms with van der Waals surface area (Å²) < 4.78 is 0. The van der Waals surface area contributed by atoms with E-state index in [9.17, 15) is 14.7 Å². The Morgan fingerprint density at radius 3 is 2.62 bits per heavy atom. The van der Waals surface area contributed by atoms with Crippen molar-refractivity contribution < 1.29 is 14.7 Å². The number of carbonyl (C=O) groups is 2. The minimum atomic E-state index is -0.944. The molecule has 1 saturated heterocycles. The summed E-state index contributed by atoms with van der Waals surface area (Å²) in [6, 6.07) is 6.37. The van der Waals surface area contributed by atoms with Crippen LogP contribution in [-0.2, 0) is 4.79 Å². The van der Waals surface area contributed by atoms with Gasteiger partial charge in [0.05, 0.1) is 5.37 Å². The van der Waals surface area contributed by atoms with Gasteiger partial charge in [0.15, 0.2) is 0 Å². The number of hydrogen-bond acceptors (Lipinski definition) is 3. The molecule has 0 spiro atoms. The van der Waals surface area contributed by atoms with Crippen LogP contribution in [0, 0.1) is 6.92 Å². The molecule has 0 aliphatic carbocycles. The maximum Gasteiger partial charge on any atom is 0.327 e. The number of rotatable bonds is 4. The SMILES string of the molecule is CCCC1SCC(C(=O)O)N1C(=O)Nc1ccc(C)cc1. The third-order valence-corrected chi connectivity index (χ3v) is 4.81. The average molecular weight is 308 g/mol. The number of nitrogens with one attached hydrogen (secondary N) is 1. The van der Waals surface area contributed by atoms with Crippen molar-refractivity contribution in [2.45, 2.75) is 38.1 Å². The number of anilines is 1. The molecule has 0 saturated carbocycles. The third-order valence-electron chi connectivity index (χ3n) is 3.45. The lowest BCUT2D eigenvalue weighted by molar-refractivity contribution is -0.141. The van der Waals surface area contributed by atoms with Crippen LogP contribution in [0.3, 0.4) is 0 Å². The van der Waals surface area contributed by atoms with Crippen molar-refractivity contribution in [3.05, 3.63) is 29.8 Å². The zero-order valence-electron chi connectivity index (χ0n) is 12.2. The number of carboxylic acids is 1. The van der Waals surface area contributed by atoms with Gasteiger partial charge in [-0.1, -0.05) is 31.0 Å². The molecule has 2 N–H and O–H groups in total. The van der Waals surface area contributed by atoms with Crippen molar-refractivity contribution in [2.24, 2.45) is 0 Å². The minimum absolute atomic E-state index is 0.0680. The van der Waals surface area contributed by atoms with Gasteiger partial charge >= 0.3 is 12.0 Å². The van der Waals surface area contributed by atoms with Crippen molar-refractivity contribution in [3.8, 4) is 0 Å². The Balaban J connectivity index is 2.12. The van der Waals surface area contributed by atoms with Crippen LogP contribution in [0.2, 0.25) is 0 Å². The smallest absolute Gasteiger partial charge is 0.327 e. The van der Waals surface area contributed by atoms with Crippen molar-refractivity contribution in [1.29, 1.82) is 0 Å². The van der Waals surface area contributed by atoms with E-state index in [0.29, 0.717) is 11.4 Å². The molecule has 2 atom stereocenters. The van der Waals surface area contributed by atoms with Crippen molar-refractivity contribution in [2.75, 3.05) is 11.1 Å². The Kier molecular flexibility index (Phi) is 5.12. The number of carboxylic acid groups (broad SMARTS) is 1. The molecule has 6 heteroatoms. The van der Waals surface area contributed by atoms with Crippen LogP contribution < -0.4 is 5.32 Å². The molecule has 1 fully saturated rings. The van der Waals surface area contributed by atoms with Crippen LogP contribution >= 0.6 is 11.8 Å². The molecule has 1 heterocycles. The lowest BCUT2D eigenvalue weighted by Crippen LogP contribution is -2.47. The first-order valence-electron chi connectivity index (χ1n) is 7.03. The summed E-state index contributed by atoms with van der Waals surface area (Å²) in [6.45, 7) is 4.01. The van der Waals surface area contributed by atoms with E-state index in [4.69, 9.17) is 0 Å². The van der Waals surface area contributed by atoms with E-state index in [1.165, 1.54) is 16.7 Å². The molecule has 2 amide bonds. The molecule has 0 bridgehead atoms. The fourth-order valence-electron chi connectivity index (χ4n) is 2.32. The molecule has 21 heavy (non-hydrogen) atoms. The maximum atomic E-state index is 12.4. The lowest BCUT2D eigenvalue weighted by atomic mass is 10.2. The molecule has 1 aromatic rings. The highest BCUT2D eigenvalue weighted by Gasteiger charge is 2.41. The first kappa shape index (κ1) is 15.7. The predicted molar refractivity (Wildman–Crippen MR) is 84.6 cm³/mol. The van der Waals surface area contributed by atoms with E-state index in [1.54, 1.807) is 0 Å². The maximum absolute atomic E-state index is 12.4. The number of amides is 2. The van der Waals surface area contributed by atoms with Gasteiger partial charge in [0.25, 0.3) is 0 Å². The Hall–Kier alpha value is -1.69. The Labute approximate surface area is 128 Å². The number of hydrogen-bond donors (Lipinski definition) is 2. The number of nitrogens with zero attached hydrogens (tertiary/aromatic N) is 1. The second-order valence-corrected chi connectivity index (χ2v) is 6.34. The molecule has 0 radical (unpaired) electrons. The monoisotopic (exact) mass is 308 g/mol. The van der Waals surface area contributed by atoms with Gasteiger partial charge < -0.3 is 10.4 Å². The molecule has 2 unspecified atom stereocenters. The third kappa shape index (κ3) is 3.69. The van der Waals surface area contributed by atoms with Gasteiger partial charge in [0, 0.05) is 11.4 Å². The number of urea groups is 1. The van der Waals surface area contributed by atoms with E-state index in [2.05, 4.69) is 5.32 Å². The first-order chi connectivity index (χ1) is 10.0. The molecule has 1 aliphatic heterocycles. The topological polar surface area (TPSA) is 69.6 Å². The Bertz CT molecular complexity index is 518. The van der Waals surface area contributed by atoms with E-state index in [-0.39, 0.29) is 11.4 Å². The van der Waals surface area contributed by atoms with Gasteiger partial charge in [-0.3, -0.25) is 4.90 Å². The summed E-state index contributed by atoms with van der Waals surface area (Å²) in [4.78, 5) is 25.2. The van der Waals surface area contributed by atoms with Gasteiger partial charge in [0.2, 0.25) is 0 Å². The summed E-state index contributed by atoms with van der Waals surface area (Å²) in [7, 11) is 0. The quantitative estimate of drug-likeness (QED) is 0.896. The van der Waals surface area contributed by atoms with E-state index in [0.717, 1.165) is 18.4 Å². The molecule has 5 nitrogen and oxygen atoms in total. The number of benzene rings is 1. The zero-order chi connectivity index (χ0) is 15.4. The van der Waals surface area contributed by atoms with Crippen LogP contribution in [0.15, 0.2) is 24.3 Å². The van der Waals surface area contributed by atoms with Crippen molar-refractivity contribution >= 4 is 29.4 Å². The number of aryl methyl sites for hydroxylation is 1. The molecule has 2 rings (SSSR count). The highest BCUT2D eigenvalue weighted by molar-refractivity contribution is 8.00. The van der Waals surface area contributed by atoms with Crippen LogP contribution in [0.4, 0.5) is 10.5 Å². The fraction of sp³-hybridized carbons (Fsp3) is 0.467. The Morgan fingerprint density at radius 1 is 1.38 bits per heavy atom. The second kappa shape index (κ2) is 6.85. The van der Waals surface area contributed by atoms with Crippen LogP contribution in [0.25, 0.3) is 0 Å². The largest absolute Gasteiger partial charge is 0.480 e. The van der Waals surface area contributed by atoms with Crippen LogP contribution in [0.5, 0.6) is 0 Å². The van der Waals surface area contributed by atoms with Crippen molar-refractivity contribution in [3.63, 3.8) is 0 Å². The van der Waals surface area contributed by atoms with Crippen LogP contribution in [-0.4, -0.2) is 39.2 Å².